The molecule has 1 amide bonds. The van der Waals surface area contributed by atoms with Crippen LogP contribution >= 0.6 is 11.3 Å². The van der Waals surface area contributed by atoms with Crippen LogP contribution in [0.1, 0.15) is 63.8 Å². The second kappa shape index (κ2) is 10.1. The Kier molecular flexibility index (Phi) is 6.98. The van der Waals surface area contributed by atoms with Gasteiger partial charge in [-0.25, -0.2) is 9.59 Å². The molecular formula is C24H25N3O5S. The van der Waals surface area contributed by atoms with Crippen LogP contribution in [0.2, 0.25) is 0 Å². The van der Waals surface area contributed by atoms with Gasteiger partial charge in [-0.3, -0.25) is 14.8 Å². The summed E-state index contributed by atoms with van der Waals surface area (Å²) in [4.78, 5) is 47.7. The Morgan fingerprint density at radius 2 is 1.79 bits per heavy atom. The topological polar surface area (TPSA) is 107 Å². The van der Waals surface area contributed by atoms with E-state index in [0.717, 1.165) is 49.0 Å². The number of amides is 1. The average Bonchev–Trinajstić information content (AvgIpc) is 3.13. The summed E-state index contributed by atoms with van der Waals surface area (Å²) in [5.74, 6) is -1.66. The smallest absolute Gasteiger partial charge is 0.341 e. The van der Waals surface area contributed by atoms with Crippen LogP contribution in [-0.2, 0) is 27.1 Å². The highest BCUT2D eigenvalue weighted by molar-refractivity contribution is 7.17. The Labute approximate surface area is 195 Å². The van der Waals surface area contributed by atoms with Crippen LogP contribution < -0.4 is 5.32 Å². The predicted molar refractivity (Wildman–Crippen MR) is 125 cm³/mol. The number of fused-ring (bicyclic) bond motifs is 2. The Bertz CT molecular complexity index is 1200. The van der Waals surface area contributed by atoms with Crippen molar-refractivity contribution in [2.45, 2.75) is 51.6 Å². The Hall–Kier alpha value is -3.33. The lowest BCUT2D eigenvalue weighted by Crippen LogP contribution is -2.30. The zero-order valence-electron chi connectivity index (χ0n) is 18.6. The normalized spacial score (nSPS) is 14.5. The molecule has 1 aromatic carbocycles. The third-order valence-corrected chi connectivity index (χ3v) is 6.88. The van der Waals surface area contributed by atoms with Gasteiger partial charge in [0.2, 0.25) is 0 Å². The first kappa shape index (κ1) is 22.8. The number of carbonyl (C=O) groups is 3. The van der Waals surface area contributed by atoms with Crippen LogP contribution in [0.15, 0.2) is 30.6 Å². The summed E-state index contributed by atoms with van der Waals surface area (Å²) in [6, 6.07) is 5.01. The second-order valence-corrected chi connectivity index (χ2v) is 8.99. The summed E-state index contributed by atoms with van der Waals surface area (Å²) < 4.78 is 10.4. The van der Waals surface area contributed by atoms with Gasteiger partial charge in [0.05, 0.1) is 23.8 Å². The number of thiophene rings is 1. The number of methoxy groups -OCH3 is 1. The maximum atomic E-state index is 12.9. The third kappa shape index (κ3) is 4.88. The Morgan fingerprint density at radius 3 is 2.58 bits per heavy atom. The number of aromatic nitrogens is 2. The highest BCUT2D eigenvalue weighted by Gasteiger charge is 2.28. The molecule has 1 aliphatic carbocycles. The summed E-state index contributed by atoms with van der Waals surface area (Å²) in [7, 11) is 1.33. The van der Waals surface area contributed by atoms with Crippen molar-refractivity contribution in [1.82, 2.24) is 9.97 Å². The summed E-state index contributed by atoms with van der Waals surface area (Å²) in [6.45, 7) is 1.49. The fourth-order valence-corrected chi connectivity index (χ4v) is 5.25. The minimum atomic E-state index is -1.08. The number of carbonyl (C=O) groups excluding carboxylic acids is 3. The lowest BCUT2D eigenvalue weighted by Gasteiger charge is -2.14. The van der Waals surface area contributed by atoms with Crippen LogP contribution in [0, 0.1) is 0 Å². The van der Waals surface area contributed by atoms with Crippen molar-refractivity contribution < 1.29 is 23.9 Å². The zero-order chi connectivity index (χ0) is 23.4. The first-order valence-electron chi connectivity index (χ1n) is 10.9. The number of nitrogens with one attached hydrogen (secondary N) is 1. The lowest BCUT2D eigenvalue weighted by atomic mass is 9.96. The molecule has 1 N–H and O–H groups in total. The van der Waals surface area contributed by atoms with Gasteiger partial charge in [-0.05, 0) is 50.3 Å². The SMILES string of the molecule is COC(=O)c1c(NC(=O)C(C)OC(=O)c2cccc3nccnc23)sc2c1CCCCCC2. The molecule has 0 bridgehead atoms. The van der Waals surface area contributed by atoms with E-state index in [0.29, 0.717) is 21.6 Å². The number of rotatable bonds is 5. The molecule has 0 saturated heterocycles. The van der Waals surface area contributed by atoms with Crippen molar-refractivity contribution in [3.8, 4) is 0 Å². The van der Waals surface area contributed by atoms with E-state index in [1.807, 2.05) is 0 Å². The highest BCUT2D eigenvalue weighted by atomic mass is 32.1. The van der Waals surface area contributed by atoms with Crippen LogP contribution in [-0.4, -0.2) is 41.0 Å². The van der Waals surface area contributed by atoms with Gasteiger partial charge in [0.25, 0.3) is 5.91 Å². The largest absolute Gasteiger partial charge is 0.465 e. The lowest BCUT2D eigenvalue weighted by molar-refractivity contribution is -0.123. The predicted octanol–water partition coefficient (Wildman–Crippen LogP) is 4.32. The maximum absolute atomic E-state index is 12.9. The molecule has 0 radical (unpaired) electrons. The van der Waals surface area contributed by atoms with Crippen LogP contribution in [0.3, 0.4) is 0 Å². The quantitative estimate of drug-likeness (QED) is 0.557. The number of hydrogen-bond acceptors (Lipinski definition) is 8. The third-order valence-electron chi connectivity index (χ3n) is 5.67. The van der Waals surface area contributed by atoms with Crippen molar-refractivity contribution in [1.29, 1.82) is 0 Å². The van der Waals surface area contributed by atoms with Gasteiger partial charge in [-0.2, -0.15) is 0 Å². The van der Waals surface area contributed by atoms with Gasteiger partial charge in [0.15, 0.2) is 6.10 Å². The molecule has 1 atom stereocenters. The van der Waals surface area contributed by atoms with E-state index < -0.39 is 23.9 Å². The van der Waals surface area contributed by atoms with E-state index in [1.54, 1.807) is 18.2 Å². The molecular weight excluding hydrogens is 442 g/mol. The molecule has 8 nitrogen and oxygen atoms in total. The number of aryl methyl sites for hydroxylation is 1. The molecule has 2 aromatic heterocycles. The van der Waals surface area contributed by atoms with Crippen molar-refractivity contribution in [2.24, 2.45) is 0 Å². The summed E-state index contributed by atoms with van der Waals surface area (Å²) in [5.41, 5.74) is 2.57. The Morgan fingerprint density at radius 1 is 1.03 bits per heavy atom. The van der Waals surface area contributed by atoms with E-state index in [4.69, 9.17) is 9.47 Å². The van der Waals surface area contributed by atoms with Crippen molar-refractivity contribution >= 4 is 45.2 Å². The van der Waals surface area contributed by atoms with Crippen LogP contribution in [0.25, 0.3) is 11.0 Å². The fourth-order valence-electron chi connectivity index (χ4n) is 3.97. The van der Waals surface area contributed by atoms with Gasteiger partial charge in [0.1, 0.15) is 10.5 Å². The van der Waals surface area contributed by atoms with Crippen molar-refractivity contribution in [2.75, 3.05) is 12.4 Å². The first-order chi connectivity index (χ1) is 16.0. The maximum Gasteiger partial charge on any atom is 0.341 e. The fraction of sp³-hybridized carbons (Fsp3) is 0.375. The molecule has 3 aromatic rings. The van der Waals surface area contributed by atoms with Crippen molar-refractivity contribution in [3.05, 3.63) is 52.2 Å². The molecule has 0 fully saturated rings. The van der Waals surface area contributed by atoms with E-state index in [9.17, 15) is 14.4 Å². The minimum absolute atomic E-state index is 0.231. The molecule has 0 saturated carbocycles. The monoisotopic (exact) mass is 467 g/mol. The molecule has 2 heterocycles. The van der Waals surface area contributed by atoms with E-state index in [1.165, 1.54) is 37.8 Å². The number of benzene rings is 1. The number of ether oxygens (including phenoxy) is 2. The van der Waals surface area contributed by atoms with E-state index in [-0.39, 0.29) is 5.56 Å². The molecule has 172 valence electrons. The molecule has 0 spiro atoms. The summed E-state index contributed by atoms with van der Waals surface area (Å²) >= 11 is 1.40. The number of para-hydroxylation sites is 1. The molecule has 1 aliphatic rings. The number of hydrogen-bond donors (Lipinski definition) is 1. The number of nitrogens with zero attached hydrogens (tertiary/aromatic N) is 2. The standard InChI is InChI=1S/C24H25N3O5S/c1-14(32-23(29)16-9-7-10-17-20(16)26-13-12-25-17)21(28)27-22-19(24(30)31-2)15-8-5-3-4-6-11-18(15)33-22/h7,9-10,12-14H,3-6,8,11H2,1-2H3,(H,27,28). The second-order valence-electron chi connectivity index (χ2n) is 7.88. The van der Waals surface area contributed by atoms with Gasteiger partial charge in [-0.1, -0.05) is 18.9 Å². The van der Waals surface area contributed by atoms with E-state index >= 15 is 0 Å². The summed E-state index contributed by atoms with van der Waals surface area (Å²) in [5, 5.41) is 3.23. The van der Waals surface area contributed by atoms with Gasteiger partial charge < -0.3 is 14.8 Å². The minimum Gasteiger partial charge on any atom is -0.465 e. The summed E-state index contributed by atoms with van der Waals surface area (Å²) in [6.07, 6.45) is 7.89. The molecule has 1 unspecified atom stereocenters. The van der Waals surface area contributed by atoms with Gasteiger partial charge in [-0.15, -0.1) is 11.3 Å². The zero-order valence-corrected chi connectivity index (χ0v) is 19.4. The number of anilines is 1. The molecule has 9 heteroatoms. The van der Waals surface area contributed by atoms with Crippen LogP contribution in [0.5, 0.6) is 0 Å². The van der Waals surface area contributed by atoms with Crippen molar-refractivity contribution in [3.63, 3.8) is 0 Å². The number of esters is 2. The van der Waals surface area contributed by atoms with Gasteiger partial charge >= 0.3 is 11.9 Å². The van der Waals surface area contributed by atoms with Crippen LogP contribution in [0.4, 0.5) is 5.00 Å². The average molecular weight is 468 g/mol. The molecule has 33 heavy (non-hydrogen) atoms. The Balaban J connectivity index is 1.53. The first-order valence-corrected chi connectivity index (χ1v) is 11.8. The molecule has 0 aliphatic heterocycles. The highest BCUT2D eigenvalue weighted by Crippen LogP contribution is 2.37. The molecule has 4 rings (SSSR count). The van der Waals surface area contributed by atoms with Gasteiger partial charge in [0, 0.05) is 17.3 Å². The van der Waals surface area contributed by atoms with E-state index in [2.05, 4.69) is 15.3 Å².